The lowest BCUT2D eigenvalue weighted by Crippen LogP contribution is -2.39. The summed E-state index contributed by atoms with van der Waals surface area (Å²) in [7, 11) is 0. The Balaban J connectivity index is 1.67. The molecule has 1 N–H and O–H groups in total. The number of aromatic nitrogens is 2. The zero-order valence-electron chi connectivity index (χ0n) is 11.4. The number of hydrogen-bond acceptors (Lipinski definition) is 6. The Kier molecular flexibility index (Phi) is 4.44. The van der Waals surface area contributed by atoms with Gasteiger partial charge in [-0.05, 0) is 37.3 Å². The van der Waals surface area contributed by atoms with E-state index in [4.69, 9.17) is 9.63 Å². The first kappa shape index (κ1) is 13.7. The van der Waals surface area contributed by atoms with Gasteiger partial charge in [0, 0.05) is 18.0 Å². The standard InChI is InChI=1S/C14H19N3O2S/c18-7-4-12-3-1-2-6-17(12)9-13-15-14(19-16-13)11-5-8-20-10-11/h5,8,10,12,18H,1-4,6-7,9H2. The van der Waals surface area contributed by atoms with Gasteiger partial charge in [-0.25, -0.2) is 0 Å². The minimum atomic E-state index is 0.244. The molecular formula is C14H19N3O2S. The maximum absolute atomic E-state index is 9.16. The van der Waals surface area contributed by atoms with Gasteiger partial charge in [-0.15, -0.1) is 0 Å². The average molecular weight is 293 g/mol. The Morgan fingerprint density at radius 3 is 3.20 bits per heavy atom. The van der Waals surface area contributed by atoms with Crippen LogP contribution in [0.1, 0.15) is 31.5 Å². The molecule has 20 heavy (non-hydrogen) atoms. The van der Waals surface area contributed by atoms with E-state index in [9.17, 15) is 0 Å². The summed E-state index contributed by atoms with van der Waals surface area (Å²) in [6.07, 6.45) is 4.43. The quantitative estimate of drug-likeness (QED) is 0.918. The first-order chi connectivity index (χ1) is 9.86. The molecule has 1 unspecified atom stereocenters. The van der Waals surface area contributed by atoms with Crippen LogP contribution in [-0.4, -0.2) is 39.3 Å². The van der Waals surface area contributed by atoms with Gasteiger partial charge in [0.25, 0.3) is 5.89 Å². The maximum Gasteiger partial charge on any atom is 0.258 e. The van der Waals surface area contributed by atoms with Crippen LogP contribution in [0.3, 0.4) is 0 Å². The first-order valence-corrected chi connectivity index (χ1v) is 8.01. The molecule has 2 aromatic heterocycles. The van der Waals surface area contributed by atoms with Crippen LogP contribution >= 0.6 is 11.3 Å². The topological polar surface area (TPSA) is 62.4 Å². The van der Waals surface area contributed by atoms with Gasteiger partial charge in [0.1, 0.15) is 0 Å². The van der Waals surface area contributed by atoms with Crippen LogP contribution in [0.15, 0.2) is 21.3 Å². The summed E-state index contributed by atoms with van der Waals surface area (Å²) in [4.78, 5) is 6.83. The summed E-state index contributed by atoms with van der Waals surface area (Å²) >= 11 is 1.62. The third kappa shape index (κ3) is 3.08. The summed E-state index contributed by atoms with van der Waals surface area (Å²) in [5.74, 6) is 1.33. The van der Waals surface area contributed by atoms with Crippen LogP contribution < -0.4 is 0 Å². The molecule has 0 amide bonds. The lowest BCUT2D eigenvalue weighted by atomic mass is 10.00. The summed E-state index contributed by atoms with van der Waals surface area (Å²) in [5, 5.41) is 17.2. The molecule has 108 valence electrons. The number of thiophene rings is 1. The highest BCUT2D eigenvalue weighted by Gasteiger charge is 2.23. The molecule has 5 nitrogen and oxygen atoms in total. The number of nitrogens with zero attached hydrogens (tertiary/aromatic N) is 3. The van der Waals surface area contributed by atoms with Gasteiger partial charge in [0.05, 0.1) is 12.1 Å². The van der Waals surface area contributed by atoms with Crippen molar-refractivity contribution in [1.29, 1.82) is 0 Å². The smallest absolute Gasteiger partial charge is 0.258 e. The third-order valence-electron chi connectivity index (χ3n) is 3.79. The van der Waals surface area contributed by atoms with Crippen LogP contribution in [-0.2, 0) is 6.54 Å². The van der Waals surface area contributed by atoms with Crippen molar-refractivity contribution >= 4 is 11.3 Å². The van der Waals surface area contributed by atoms with Gasteiger partial charge < -0.3 is 9.63 Å². The molecule has 1 aliphatic heterocycles. The van der Waals surface area contributed by atoms with Crippen LogP contribution in [0.4, 0.5) is 0 Å². The molecule has 1 aliphatic rings. The van der Waals surface area contributed by atoms with Crippen molar-refractivity contribution in [1.82, 2.24) is 15.0 Å². The summed E-state index contributed by atoms with van der Waals surface area (Å²) < 4.78 is 5.32. The minimum Gasteiger partial charge on any atom is -0.396 e. The summed E-state index contributed by atoms with van der Waals surface area (Å²) in [6.45, 7) is 2.00. The number of likely N-dealkylation sites (tertiary alicyclic amines) is 1. The lowest BCUT2D eigenvalue weighted by molar-refractivity contribution is 0.109. The molecule has 0 aromatic carbocycles. The molecule has 0 spiro atoms. The molecule has 1 fully saturated rings. The van der Waals surface area contributed by atoms with E-state index in [1.54, 1.807) is 11.3 Å². The van der Waals surface area contributed by atoms with Gasteiger partial charge in [-0.1, -0.05) is 11.6 Å². The van der Waals surface area contributed by atoms with Crippen molar-refractivity contribution in [2.45, 2.75) is 38.3 Å². The second-order valence-corrected chi connectivity index (χ2v) is 5.94. The van der Waals surface area contributed by atoms with Crippen LogP contribution in [0.2, 0.25) is 0 Å². The molecule has 1 saturated heterocycles. The largest absolute Gasteiger partial charge is 0.396 e. The highest BCUT2D eigenvalue weighted by molar-refractivity contribution is 7.08. The zero-order chi connectivity index (χ0) is 13.8. The van der Waals surface area contributed by atoms with Crippen molar-refractivity contribution in [3.8, 4) is 11.5 Å². The summed E-state index contributed by atoms with van der Waals surface area (Å²) in [6, 6.07) is 2.43. The molecule has 0 saturated carbocycles. The van der Waals surface area contributed by atoms with Gasteiger partial charge in [-0.2, -0.15) is 16.3 Å². The van der Waals surface area contributed by atoms with E-state index in [1.165, 1.54) is 12.8 Å². The molecule has 2 aromatic rings. The van der Waals surface area contributed by atoms with Crippen molar-refractivity contribution in [3.05, 3.63) is 22.7 Å². The molecule has 3 rings (SSSR count). The van der Waals surface area contributed by atoms with Crippen molar-refractivity contribution in [3.63, 3.8) is 0 Å². The predicted octanol–water partition coefficient (Wildman–Crippen LogP) is 2.54. The molecule has 6 heteroatoms. The van der Waals surface area contributed by atoms with Gasteiger partial charge >= 0.3 is 0 Å². The van der Waals surface area contributed by atoms with Gasteiger partial charge in [-0.3, -0.25) is 4.90 Å². The molecule has 0 bridgehead atoms. The lowest BCUT2D eigenvalue weighted by Gasteiger charge is -2.34. The van der Waals surface area contributed by atoms with E-state index in [0.29, 0.717) is 18.5 Å². The monoisotopic (exact) mass is 293 g/mol. The Morgan fingerprint density at radius 1 is 1.45 bits per heavy atom. The van der Waals surface area contributed by atoms with Gasteiger partial charge in [0.15, 0.2) is 5.82 Å². The highest BCUT2D eigenvalue weighted by Crippen LogP contribution is 2.23. The number of rotatable bonds is 5. The SMILES string of the molecule is OCCC1CCCCN1Cc1noc(-c2ccsc2)n1. The second-order valence-electron chi connectivity index (χ2n) is 5.16. The summed E-state index contributed by atoms with van der Waals surface area (Å²) in [5.41, 5.74) is 0.985. The fourth-order valence-electron chi connectivity index (χ4n) is 2.75. The van der Waals surface area contributed by atoms with E-state index < -0.39 is 0 Å². The fourth-order valence-corrected chi connectivity index (χ4v) is 3.38. The van der Waals surface area contributed by atoms with Crippen LogP contribution in [0.25, 0.3) is 11.5 Å². The second kappa shape index (κ2) is 6.47. The third-order valence-corrected chi connectivity index (χ3v) is 4.48. The Labute approximate surface area is 122 Å². The van der Waals surface area contributed by atoms with Crippen molar-refractivity contribution in [2.75, 3.05) is 13.2 Å². The number of aliphatic hydroxyl groups excluding tert-OH is 1. The average Bonchev–Trinajstić information content (AvgIpc) is 3.12. The number of hydrogen-bond donors (Lipinski definition) is 1. The normalized spacial score (nSPS) is 20.4. The zero-order valence-corrected chi connectivity index (χ0v) is 12.2. The fraction of sp³-hybridized carbons (Fsp3) is 0.571. The number of aliphatic hydroxyl groups is 1. The van der Waals surface area contributed by atoms with Gasteiger partial charge in [0.2, 0.25) is 0 Å². The minimum absolute atomic E-state index is 0.244. The Bertz CT molecular complexity index is 524. The van der Waals surface area contributed by atoms with E-state index in [2.05, 4.69) is 15.0 Å². The van der Waals surface area contributed by atoms with Crippen LogP contribution in [0.5, 0.6) is 0 Å². The number of piperidine rings is 1. The first-order valence-electron chi connectivity index (χ1n) is 7.07. The molecular weight excluding hydrogens is 274 g/mol. The molecule has 0 radical (unpaired) electrons. The highest BCUT2D eigenvalue weighted by atomic mass is 32.1. The van der Waals surface area contributed by atoms with E-state index in [0.717, 1.165) is 30.8 Å². The Morgan fingerprint density at radius 2 is 2.40 bits per heavy atom. The van der Waals surface area contributed by atoms with E-state index >= 15 is 0 Å². The maximum atomic E-state index is 9.16. The molecule has 1 atom stereocenters. The van der Waals surface area contributed by atoms with Crippen molar-refractivity contribution < 1.29 is 9.63 Å². The molecule has 0 aliphatic carbocycles. The van der Waals surface area contributed by atoms with Crippen molar-refractivity contribution in [2.24, 2.45) is 0 Å². The van der Waals surface area contributed by atoms with Crippen LogP contribution in [0, 0.1) is 0 Å². The van der Waals surface area contributed by atoms with E-state index in [-0.39, 0.29) is 6.61 Å². The Hall–Kier alpha value is -1.24. The predicted molar refractivity (Wildman–Crippen MR) is 77.4 cm³/mol. The van der Waals surface area contributed by atoms with E-state index in [1.807, 2.05) is 16.8 Å². The molecule has 3 heterocycles.